The molecule has 1 atom stereocenters. The van der Waals surface area contributed by atoms with Crippen LogP contribution in [0.4, 0.5) is 0 Å². The van der Waals surface area contributed by atoms with Crippen LogP contribution in [0.1, 0.15) is 22.7 Å². The van der Waals surface area contributed by atoms with Gasteiger partial charge in [0.05, 0.1) is 29.7 Å². The quantitative estimate of drug-likeness (QED) is 0.343. The molecule has 0 aliphatic carbocycles. The Morgan fingerprint density at radius 1 is 1.08 bits per heavy atom. The van der Waals surface area contributed by atoms with Gasteiger partial charge in [-0.05, 0) is 38.7 Å². The van der Waals surface area contributed by atoms with Crippen LogP contribution >= 0.6 is 0 Å². The van der Waals surface area contributed by atoms with Crippen molar-refractivity contribution in [1.29, 1.82) is 0 Å². The van der Waals surface area contributed by atoms with E-state index in [4.69, 9.17) is 4.74 Å². The summed E-state index contributed by atoms with van der Waals surface area (Å²) in [4.78, 5) is 29.6. The number of Topliss-reactive ketones (excluding diaryl/α,β-unsaturated/α-hetero) is 1. The zero-order valence-corrected chi connectivity index (χ0v) is 21.5. The lowest BCUT2D eigenvalue weighted by atomic mass is 9.95. The van der Waals surface area contributed by atoms with E-state index in [0.717, 1.165) is 5.56 Å². The molecule has 0 saturated carbocycles. The van der Waals surface area contributed by atoms with E-state index in [1.165, 1.54) is 33.5 Å². The van der Waals surface area contributed by atoms with Crippen LogP contribution in [0.15, 0.2) is 59.0 Å². The van der Waals surface area contributed by atoms with Crippen LogP contribution in [0.2, 0.25) is 0 Å². The average Bonchev–Trinajstić information content (AvgIpc) is 3.13. The molecule has 10 heteroatoms. The predicted molar refractivity (Wildman–Crippen MR) is 135 cm³/mol. The summed E-state index contributed by atoms with van der Waals surface area (Å²) in [5.74, 6) is -1.88. The van der Waals surface area contributed by atoms with Crippen LogP contribution in [-0.4, -0.2) is 92.8 Å². The molecule has 0 spiro atoms. The standard InChI is InChI=1S/C26H31N3O6S/c1-18-7-9-19(10-8-18)23-22(25(31)26(32)29(23)12-11-27(2)3)24(30)20-5-4-6-21(17-20)36(33,34)28-13-15-35-16-14-28/h4-10,17,23,30H,11-16H2,1-3H3/b24-22-. The highest BCUT2D eigenvalue weighted by Crippen LogP contribution is 2.39. The molecule has 0 aromatic heterocycles. The van der Waals surface area contributed by atoms with Crippen LogP contribution in [0.5, 0.6) is 0 Å². The zero-order valence-electron chi connectivity index (χ0n) is 20.7. The van der Waals surface area contributed by atoms with Crippen molar-refractivity contribution in [2.45, 2.75) is 17.9 Å². The smallest absolute Gasteiger partial charge is 0.295 e. The molecule has 4 rings (SSSR count). The van der Waals surface area contributed by atoms with Gasteiger partial charge in [0.2, 0.25) is 10.0 Å². The van der Waals surface area contributed by atoms with Gasteiger partial charge in [0, 0.05) is 31.7 Å². The summed E-state index contributed by atoms with van der Waals surface area (Å²) in [6, 6.07) is 12.5. The zero-order chi connectivity index (χ0) is 26.0. The van der Waals surface area contributed by atoms with Crippen LogP contribution in [-0.2, 0) is 24.3 Å². The van der Waals surface area contributed by atoms with Gasteiger partial charge in [-0.2, -0.15) is 4.31 Å². The molecule has 0 radical (unpaired) electrons. The van der Waals surface area contributed by atoms with Crippen molar-refractivity contribution in [2.75, 3.05) is 53.5 Å². The van der Waals surface area contributed by atoms with Gasteiger partial charge in [-0.15, -0.1) is 0 Å². The van der Waals surface area contributed by atoms with Gasteiger partial charge >= 0.3 is 0 Å². The van der Waals surface area contributed by atoms with Crippen LogP contribution in [0.25, 0.3) is 5.76 Å². The van der Waals surface area contributed by atoms with Crippen molar-refractivity contribution >= 4 is 27.5 Å². The number of ether oxygens (including phenoxy) is 1. The molecule has 9 nitrogen and oxygen atoms in total. The molecule has 0 bridgehead atoms. The van der Waals surface area contributed by atoms with Crippen LogP contribution < -0.4 is 0 Å². The topological polar surface area (TPSA) is 107 Å². The fraction of sp³-hybridized carbons (Fsp3) is 0.385. The van der Waals surface area contributed by atoms with Gasteiger partial charge in [0.25, 0.3) is 11.7 Å². The number of aryl methyl sites for hydroxylation is 1. The van der Waals surface area contributed by atoms with Crippen molar-refractivity contribution in [3.8, 4) is 0 Å². The molecule has 192 valence electrons. The van der Waals surface area contributed by atoms with Crippen LogP contribution in [0.3, 0.4) is 0 Å². The molecule has 1 amide bonds. The Morgan fingerprint density at radius 2 is 1.75 bits per heavy atom. The SMILES string of the molecule is Cc1ccc(C2/C(=C(/O)c3cccc(S(=O)(=O)N4CCOCC4)c3)C(=O)C(=O)N2CCN(C)C)cc1. The van der Waals surface area contributed by atoms with Crippen molar-refractivity contribution < 1.29 is 27.9 Å². The molecule has 1 unspecified atom stereocenters. The molecule has 2 saturated heterocycles. The minimum atomic E-state index is -3.81. The summed E-state index contributed by atoms with van der Waals surface area (Å²) in [7, 11) is -0.0676. The second-order valence-electron chi connectivity index (χ2n) is 9.25. The van der Waals surface area contributed by atoms with E-state index in [-0.39, 0.29) is 29.1 Å². The number of carbonyl (C=O) groups is 2. The van der Waals surface area contributed by atoms with Gasteiger partial charge in [-0.3, -0.25) is 9.59 Å². The molecule has 2 fully saturated rings. The Labute approximate surface area is 211 Å². The second-order valence-corrected chi connectivity index (χ2v) is 11.2. The van der Waals surface area contributed by atoms with Crippen molar-refractivity contribution in [1.82, 2.24) is 14.1 Å². The lowest BCUT2D eigenvalue weighted by molar-refractivity contribution is -0.140. The highest BCUT2D eigenvalue weighted by Gasteiger charge is 2.46. The number of benzene rings is 2. The third kappa shape index (κ3) is 5.08. The van der Waals surface area contributed by atoms with Gasteiger partial charge in [0.15, 0.2) is 0 Å². The minimum Gasteiger partial charge on any atom is -0.507 e. The Kier molecular flexibility index (Phi) is 7.60. The molecule has 2 aliphatic rings. The van der Waals surface area contributed by atoms with Crippen LogP contribution in [0, 0.1) is 6.92 Å². The number of hydrogen-bond acceptors (Lipinski definition) is 7. The van der Waals surface area contributed by atoms with Crippen molar-refractivity contribution in [3.05, 3.63) is 70.8 Å². The number of ketones is 1. The molecule has 36 heavy (non-hydrogen) atoms. The maximum absolute atomic E-state index is 13.2. The predicted octanol–water partition coefficient (Wildman–Crippen LogP) is 2.00. The number of likely N-dealkylation sites (tertiary alicyclic amines) is 1. The number of morpholine rings is 1. The summed E-state index contributed by atoms with van der Waals surface area (Å²) >= 11 is 0. The first-order valence-electron chi connectivity index (χ1n) is 11.8. The molecule has 2 heterocycles. The number of sulfonamides is 1. The molecule has 2 aliphatic heterocycles. The Balaban J connectivity index is 1.79. The van der Waals surface area contributed by atoms with Crippen molar-refractivity contribution in [2.24, 2.45) is 0 Å². The van der Waals surface area contributed by atoms with E-state index < -0.39 is 33.5 Å². The number of likely N-dealkylation sites (N-methyl/N-ethyl adjacent to an activating group) is 1. The van der Waals surface area contributed by atoms with E-state index in [1.54, 1.807) is 0 Å². The number of nitrogens with zero attached hydrogens (tertiary/aromatic N) is 3. The number of hydrogen-bond donors (Lipinski definition) is 1. The number of carbonyl (C=O) groups excluding carboxylic acids is 2. The second kappa shape index (κ2) is 10.5. The summed E-state index contributed by atoms with van der Waals surface area (Å²) in [5.41, 5.74) is 1.82. The highest BCUT2D eigenvalue weighted by atomic mass is 32.2. The van der Waals surface area contributed by atoms with Gasteiger partial charge in [-0.1, -0.05) is 42.0 Å². The largest absolute Gasteiger partial charge is 0.507 e. The van der Waals surface area contributed by atoms with E-state index in [0.29, 0.717) is 31.9 Å². The summed E-state index contributed by atoms with van der Waals surface area (Å²) in [6.07, 6.45) is 0. The molecule has 1 N–H and O–H groups in total. The Morgan fingerprint density at radius 3 is 2.39 bits per heavy atom. The van der Waals surface area contributed by atoms with E-state index in [2.05, 4.69) is 0 Å². The first kappa shape index (κ1) is 26.0. The fourth-order valence-corrected chi connectivity index (χ4v) is 5.86. The third-order valence-electron chi connectivity index (χ3n) is 6.44. The lowest BCUT2D eigenvalue weighted by Gasteiger charge is -2.27. The molecular formula is C26H31N3O6S. The Hall–Kier alpha value is -3.05. The van der Waals surface area contributed by atoms with E-state index >= 15 is 0 Å². The fourth-order valence-electron chi connectivity index (χ4n) is 4.41. The normalized spacial score (nSPS) is 20.9. The average molecular weight is 514 g/mol. The maximum atomic E-state index is 13.2. The number of amides is 1. The number of aliphatic hydroxyl groups excluding tert-OH is 1. The minimum absolute atomic E-state index is 0.00201. The summed E-state index contributed by atoms with van der Waals surface area (Å²) in [6.45, 7) is 3.86. The first-order chi connectivity index (χ1) is 17.1. The first-order valence-corrected chi connectivity index (χ1v) is 13.2. The molecule has 2 aromatic carbocycles. The molecule has 2 aromatic rings. The maximum Gasteiger partial charge on any atom is 0.295 e. The summed E-state index contributed by atoms with van der Waals surface area (Å²) in [5, 5.41) is 11.3. The number of rotatable bonds is 7. The van der Waals surface area contributed by atoms with E-state index in [9.17, 15) is 23.1 Å². The highest BCUT2D eigenvalue weighted by molar-refractivity contribution is 7.89. The lowest BCUT2D eigenvalue weighted by Crippen LogP contribution is -2.40. The van der Waals surface area contributed by atoms with Gasteiger partial charge in [0.1, 0.15) is 5.76 Å². The monoisotopic (exact) mass is 513 g/mol. The number of aliphatic hydroxyl groups is 1. The van der Waals surface area contributed by atoms with E-state index in [1.807, 2.05) is 50.2 Å². The van der Waals surface area contributed by atoms with Gasteiger partial charge in [-0.25, -0.2) is 8.42 Å². The molecular weight excluding hydrogens is 482 g/mol. The summed E-state index contributed by atoms with van der Waals surface area (Å²) < 4.78 is 32.9. The Bertz CT molecular complexity index is 1280. The van der Waals surface area contributed by atoms with Gasteiger partial charge < -0.3 is 19.6 Å². The third-order valence-corrected chi connectivity index (χ3v) is 8.33. The van der Waals surface area contributed by atoms with Crippen molar-refractivity contribution in [3.63, 3.8) is 0 Å².